The van der Waals surface area contributed by atoms with E-state index in [0.717, 1.165) is 11.1 Å². The van der Waals surface area contributed by atoms with Gasteiger partial charge >= 0.3 is 0 Å². The fourth-order valence-electron chi connectivity index (χ4n) is 1.30. The molecule has 3 nitrogen and oxygen atoms in total. The highest BCUT2D eigenvalue weighted by atomic mass is 16.5. The van der Waals surface area contributed by atoms with E-state index in [1.165, 1.54) is 0 Å². The lowest BCUT2D eigenvalue weighted by atomic mass is 10.0. The third-order valence-corrected chi connectivity index (χ3v) is 2.01. The molecule has 1 aromatic carbocycles. The van der Waals surface area contributed by atoms with Crippen LogP contribution in [0.15, 0.2) is 24.3 Å². The van der Waals surface area contributed by atoms with Crippen LogP contribution in [0.4, 0.5) is 0 Å². The highest BCUT2D eigenvalue weighted by molar-refractivity contribution is 5.27. The van der Waals surface area contributed by atoms with Crippen LogP contribution in [0.25, 0.3) is 0 Å². The Hall–Kier alpha value is -1.37. The van der Waals surface area contributed by atoms with E-state index in [4.69, 9.17) is 15.7 Å². The quantitative estimate of drug-likeness (QED) is 0.780. The first-order valence-corrected chi connectivity index (χ1v) is 4.48. The minimum Gasteiger partial charge on any atom is -0.383 e. The number of hydrogen-bond acceptors (Lipinski definition) is 3. The van der Waals surface area contributed by atoms with E-state index < -0.39 is 0 Å². The smallest absolute Gasteiger partial charge is 0.0669 e. The highest BCUT2D eigenvalue weighted by Gasteiger charge is 2.05. The molecule has 0 aliphatic heterocycles. The Kier molecular flexibility index (Phi) is 4.11. The number of nitrogens with zero attached hydrogens (tertiary/aromatic N) is 1. The van der Waals surface area contributed by atoms with Gasteiger partial charge in [-0.25, -0.2) is 0 Å². The second-order valence-corrected chi connectivity index (χ2v) is 3.14. The van der Waals surface area contributed by atoms with Crippen molar-refractivity contribution in [2.45, 2.75) is 12.5 Å². The third-order valence-electron chi connectivity index (χ3n) is 2.01. The molecule has 0 bridgehead atoms. The van der Waals surface area contributed by atoms with Crippen molar-refractivity contribution in [1.82, 2.24) is 0 Å². The monoisotopic (exact) mass is 190 g/mol. The standard InChI is InChI=1S/C11H14N2O/c1-14-8-11(13)10-4-2-3-9(7-10)5-6-12/h2-4,7,11H,5,8,13H2,1H3/t11-/m1/s1. The van der Waals surface area contributed by atoms with Gasteiger partial charge in [-0.15, -0.1) is 0 Å². The van der Waals surface area contributed by atoms with Crippen molar-refractivity contribution in [2.75, 3.05) is 13.7 Å². The molecule has 0 aromatic heterocycles. The van der Waals surface area contributed by atoms with Crippen LogP contribution in [0.5, 0.6) is 0 Å². The maximum absolute atomic E-state index is 8.55. The molecule has 0 amide bonds. The molecule has 14 heavy (non-hydrogen) atoms. The molecule has 0 fully saturated rings. The number of nitriles is 1. The maximum Gasteiger partial charge on any atom is 0.0669 e. The molecular weight excluding hydrogens is 176 g/mol. The molecule has 0 aliphatic carbocycles. The lowest BCUT2D eigenvalue weighted by Crippen LogP contribution is -2.16. The zero-order valence-electron chi connectivity index (χ0n) is 8.23. The van der Waals surface area contributed by atoms with Crippen molar-refractivity contribution in [2.24, 2.45) is 5.73 Å². The van der Waals surface area contributed by atoms with Gasteiger partial charge < -0.3 is 10.5 Å². The number of hydrogen-bond donors (Lipinski definition) is 1. The van der Waals surface area contributed by atoms with Crippen LogP contribution in [0.2, 0.25) is 0 Å². The predicted molar refractivity (Wildman–Crippen MR) is 54.6 cm³/mol. The molecule has 0 saturated heterocycles. The zero-order valence-corrected chi connectivity index (χ0v) is 8.23. The average Bonchev–Trinajstić information content (AvgIpc) is 2.19. The van der Waals surface area contributed by atoms with Gasteiger partial charge in [0.05, 0.1) is 25.1 Å². The first-order chi connectivity index (χ1) is 6.77. The molecule has 1 aromatic rings. The van der Waals surface area contributed by atoms with Crippen molar-refractivity contribution < 1.29 is 4.74 Å². The molecule has 0 heterocycles. The molecule has 3 heteroatoms. The Labute approximate surface area is 84.1 Å². The summed E-state index contributed by atoms with van der Waals surface area (Å²) in [4.78, 5) is 0. The van der Waals surface area contributed by atoms with Crippen LogP contribution < -0.4 is 5.73 Å². The van der Waals surface area contributed by atoms with Crippen molar-refractivity contribution in [3.05, 3.63) is 35.4 Å². The van der Waals surface area contributed by atoms with E-state index in [0.29, 0.717) is 13.0 Å². The third kappa shape index (κ3) is 2.84. The second-order valence-electron chi connectivity index (χ2n) is 3.14. The summed E-state index contributed by atoms with van der Waals surface area (Å²) in [6.45, 7) is 0.496. The lowest BCUT2D eigenvalue weighted by molar-refractivity contribution is 0.181. The molecule has 1 atom stereocenters. The van der Waals surface area contributed by atoms with Gasteiger partial charge in [0.1, 0.15) is 0 Å². The van der Waals surface area contributed by atoms with E-state index in [9.17, 15) is 0 Å². The van der Waals surface area contributed by atoms with Gasteiger partial charge in [0.15, 0.2) is 0 Å². The van der Waals surface area contributed by atoms with Crippen LogP contribution in [0.1, 0.15) is 17.2 Å². The van der Waals surface area contributed by atoms with Crippen LogP contribution in [-0.4, -0.2) is 13.7 Å². The predicted octanol–water partition coefficient (Wildman–Crippen LogP) is 1.40. The van der Waals surface area contributed by atoms with Crippen molar-refractivity contribution >= 4 is 0 Å². The normalized spacial score (nSPS) is 12.1. The summed E-state index contributed by atoms with van der Waals surface area (Å²) >= 11 is 0. The van der Waals surface area contributed by atoms with Crippen LogP contribution >= 0.6 is 0 Å². The van der Waals surface area contributed by atoms with Gasteiger partial charge in [-0.2, -0.15) is 5.26 Å². The highest BCUT2D eigenvalue weighted by Crippen LogP contribution is 2.12. The topological polar surface area (TPSA) is 59.0 Å². The van der Waals surface area contributed by atoms with Crippen molar-refractivity contribution in [3.8, 4) is 6.07 Å². The summed E-state index contributed by atoms with van der Waals surface area (Å²) in [6, 6.07) is 9.74. The SMILES string of the molecule is COC[C@@H](N)c1cccc(CC#N)c1. The van der Waals surface area contributed by atoms with E-state index >= 15 is 0 Å². The first-order valence-electron chi connectivity index (χ1n) is 4.48. The molecule has 0 aliphatic rings. The van der Waals surface area contributed by atoms with Gasteiger partial charge in [-0.1, -0.05) is 24.3 Å². The minimum atomic E-state index is -0.112. The summed E-state index contributed by atoms with van der Waals surface area (Å²) in [5, 5.41) is 8.55. The summed E-state index contributed by atoms with van der Waals surface area (Å²) < 4.78 is 4.97. The Bertz CT molecular complexity index is 330. The van der Waals surface area contributed by atoms with Gasteiger partial charge in [-0.3, -0.25) is 0 Å². The Morgan fingerprint density at radius 1 is 1.57 bits per heavy atom. The van der Waals surface area contributed by atoms with Gasteiger partial charge in [0.2, 0.25) is 0 Å². The largest absolute Gasteiger partial charge is 0.383 e. The van der Waals surface area contributed by atoms with Crippen molar-refractivity contribution in [1.29, 1.82) is 5.26 Å². The summed E-state index contributed by atoms with van der Waals surface area (Å²) in [5.74, 6) is 0. The van der Waals surface area contributed by atoms with E-state index in [2.05, 4.69) is 6.07 Å². The second kappa shape index (κ2) is 5.38. The number of methoxy groups -OCH3 is 1. The Morgan fingerprint density at radius 2 is 2.36 bits per heavy atom. The first kappa shape index (κ1) is 10.7. The van der Waals surface area contributed by atoms with E-state index in [1.807, 2.05) is 24.3 Å². The van der Waals surface area contributed by atoms with Gasteiger partial charge in [-0.05, 0) is 11.1 Å². The Morgan fingerprint density at radius 3 is 3.00 bits per heavy atom. The Balaban J connectivity index is 2.78. The molecule has 0 unspecified atom stereocenters. The summed E-state index contributed by atoms with van der Waals surface area (Å²) in [5.41, 5.74) is 7.87. The molecule has 1 rings (SSSR count). The van der Waals surface area contributed by atoms with Crippen LogP contribution in [-0.2, 0) is 11.2 Å². The molecule has 2 N–H and O–H groups in total. The van der Waals surface area contributed by atoms with E-state index in [1.54, 1.807) is 7.11 Å². The van der Waals surface area contributed by atoms with Gasteiger partial charge in [0, 0.05) is 7.11 Å². The van der Waals surface area contributed by atoms with Crippen LogP contribution in [0.3, 0.4) is 0 Å². The van der Waals surface area contributed by atoms with Crippen molar-refractivity contribution in [3.63, 3.8) is 0 Å². The molecule has 74 valence electrons. The number of benzene rings is 1. The molecule has 0 radical (unpaired) electrons. The zero-order chi connectivity index (χ0) is 10.4. The van der Waals surface area contributed by atoms with E-state index in [-0.39, 0.29) is 6.04 Å². The molecule has 0 saturated carbocycles. The fourth-order valence-corrected chi connectivity index (χ4v) is 1.30. The lowest BCUT2D eigenvalue weighted by Gasteiger charge is -2.11. The number of ether oxygens (including phenoxy) is 1. The van der Waals surface area contributed by atoms with Gasteiger partial charge in [0.25, 0.3) is 0 Å². The molecular formula is C11H14N2O. The average molecular weight is 190 g/mol. The summed E-state index contributed by atoms with van der Waals surface area (Å²) in [7, 11) is 1.62. The molecule has 0 spiro atoms. The van der Waals surface area contributed by atoms with Crippen LogP contribution in [0, 0.1) is 11.3 Å². The number of nitrogens with two attached hydrogens (primary N) is 1. The fraction of sp³-hybridized carbons (Fsp3) is 0.364. The summed E-state index contributed by atoms with van der Waals surface area (Å²) in [6.07, 6.45) is 0.424. The minimum absolute atomic E-state index is 0.112. The number of rotatable bonds is 4. The maximum atomic E-state index is 8.55.